The fourth-order valence-corrected chi connectivity index (χ4v) is 3.52. The average Bonchev–Trinajstić information content (AvgIpc) is 2.73. The topological polar surface area (TPSA) is 64.6 Å². The number of rotatable bonds is 21. The fraction of sp³-hybridized carbons (Fsp3) is 1.00. The predicted octanol–water partition coefficient (Wildman–Crippen LogP) is 7.41. The van der Waals surface area contributed by atoms with Gasteiger partial charge in [0.1, 0.15) is 5.60 Å². The summed E-state index contributed by atoms with van der Waals surface area (Å²) in [6, 6.07) is 0. The van der Waals surface area contributed by atoms with E-state index < -0.39 is 23.0 Å². The first-order valence-electron chi connectivity index (χ1n) is 13.8. The molecule has 0 saturated heterocycles. The fourth-order valence-electron chi connectivity index (χ4n) is 3.52. The van der Waals surface area contributed by atoms with Gasteiger partial charge in [-0.25, -0.2) is 4.89 Å². The molecule has 0 rings (SSSR count). The quantitative estimate of drug-likeness (QED) is 0.0695. The Hall–Kier alpha value is -0.280. The van der Waals surface area contributed by atoms with Crippen LogP contribution in [0.5, 0.6) is 0 Å². The minimum Gasteiger partial charge on any atom is -0.370 e. The lowest BCUT2D eigenvalue weighted by molar-refractivity contribution is -0.603. The molecule has 0 aromatic rings. The summed E-state index contributed by atoms with van der Waals surface area (Å²) in [6.45, 7) is 25.8. The molecule has 7 heteroatoms. The SMILES string of the molecule is CCCCCOOC(OCC(C)C)(OC(C)(C)C)C(OCCCC)(OC(C)C)C(C)(C)OCCC. The molecule has 0 aliphatic rings. The molecule has 7 nitrogen and oxygen atoms in total. The second-order valence-corrected chi connectivity index (χ2v) is 11.4. The third-order valence-electron chi connectivity index (χ3n) is 5.11. The Kier molecular flexibility index (Phi) is 16.4. The zero-order valence-corrected chi connectivity index (χ0v) is 25.1. The van der Waals surface area contributed by atoms with E-state index >= 15 is 0 Å². The van der Waals surface area contributed by atoms with Gasteiger partial charge in [0.15, 0.2) is 0 Å². The summed E-state index contributed by atoms with van der Waals surface area (Å²) in [5.41, 5.74) is -1.69. The molecule has 0 aromatic carbocycles. The van der Waals surface area contributed by atoms with Gasteiger partial charge in [0.05, 0.1) is 31.5 Å². The second kappa shape index (κ2) is 16.5. The van der Waals surface area contributed by atoms with Crippen molar-refractivity contribution in [3.8, 4) is 0 Å². The zero-order valence-electron chi connectivity index (χ0n) is 25.1. The van der Waals surface area contributed by atoms with Crippen LogP contribution >= 0.6 is 0 Å². The summed E-state index contributed by atoms with van der Waals surface area (Å²) in [4.78, 5) is 12.0. The Balaban J connectivity index is 6.92. The number of hydrogen-bond donors (Lipinski definition) is 0. The molecule has 0 fully saturated rings. The predicted molar refractivity (Wildman–Crippen MR) is 141 cm³/mol. The van der Waals surface area contributed by atoms with E-state index in [0.717, 1.165) is 38.5 Å². The van der Waals surface area contributed by atoms with Crippen molar-refractivity contribution in [2.45, 2.75) is 151 Å². The van der Waals surface area contributed by atoms with E-state index in [1.165, 1.54) is 0 Å². The molecule has 2 atom stereocenters. The molecule has 212 valence electrons. The van der Waals surface area contributed by atoms with Crippen LogP contribution in [0.2, 0.25) is 0 Å². The lowest BCUT2D eigenvalue weighted by Crippen LogP contribution is -2.74. The number of hydrogen-bond acceptors (Lipinski definition) is 7. The Morgan fingerprint density at radius 1 is 0.657 bits per heavy atom. The maximum Gasteiger partial charge on any atom is 0.371 e. The maximum absolute atomic E-state index is 6.67. The first-order chi connectivity index (χ1) is 16.2. The summed E-state index contributed by atoms with van der Waals surface area (Å²) in [5, 5.41) is 0. The van der Waals surface area contributed by atoms with Crippen LogP contribution in [0.1, 0.15) is 122 Å². The molecule has 0 aromatic heterocycles. The number of unbranched alkanes of at least 4 members (excludes halogenated alkanes) is 3. The maximum atomic E-state index is 6.67. The van der Waals surface area contributed by atoms with E-state index in [1.807, 2.05) is 48.5 Å². The molecular formula is C28H58O7. The third kappa shape index (κ3) is 11.8. The Morgan fingerprint density at radius 3 is 1.77 bits per heavy atom. The molecule has 0 radical (unpaired) electrons. The van der Waals surface area contributed by atoms with Crippen LogP contribution in [-0.4, -0.2) is 55.5 Å². The van der Waals surface area contributed by atoms with Crippen LogP contribution in [0.4, 0.5) is 0 Å². The van der Waals surface area contributed by atoms with E-state index in [9.17, 15) is 0 Å². The van der Waals surface area contributed by atoms with Crippen LogP contribution in [0.3, 0.4) is 0 Å². The van der Waals surface area contributed by atoms with E-state index in [4.69, 9.17) is 33.5 Å². The minimum atomic E-state index is -1.85. The lowest BCUT2D eigenvalue weighted by atomic mass is 9.92. The van der Waals surface area contributed by atoms with Crippen molar-refractivity contribution in [2.24, 2.45) is 5.92 Å². The molecule has 0 saturated carbocycles. The van der Waals surface area contributed by atoms with Crippen molar-refractivity contribution in [3.63, 3.8) is 0 Å². The molecule has 35 heavy (non-hydrogen) atoms. The van der Waals surface area contributed by atoms with Crippen LogP contribution in [0.15, 0.2) is 0 Å². The standard InChI is InChI=1S/C28H58O7/c1-13-16-18-21-32-35-28(31-22-23(4)5,34-25(8,9)10)27(33-24(6)7,30-20-17-14-2)26(11,12)29-19-15-3/h23-24H,13-22H2,1-12H3. The van der Waals surface area contributed by atoms with Gasteiger partial charge < -0.3 is 23.7 Å². The van der Waals surface area contributed by atoms with Crippen molar-refractivity contribution in [3.05, 3.63) is 0 Å². The van der Waals surface area contributed by atoms with Gasteiger partial charge in [0.25, 0.3) is 5.79 Å². The normalized spacial score (nSPS) is 16.6. The molecule has 0 bridgehead atoms. The van der Waals surface area contributed by atoms with Crippen LogP contribution in [0.25, 0.3) is 0 Å². The molecule has 0 aliphatic carbocycles. The van der Waals surface area contributed by atoms with E-state index in [1.54, 1.807) is 0 Å². The smallest absolute Gasteiger partial charge is 0.370 e. The van der Waals surface area contributed by atoms with Crippen molar-refractivity contribution in [2.75, 3.05) is 26.4 Å². The summed E-state index contributed by atoms with van der Waals surface area (Å²) < 4.78 is 32.9. The monoisotopic (exact) mass is 506 g/mol. The molecule has 0 amide bonds. The minimum absolute atomic E-state index is 0.202. The summed E-state index contributed by atoms with van der Waals surface area (Å²) >= 11 is 0. The zero-order chi connectivity index (χ0) is 27.2. The molecule has 0 aliphatic heterocycles. The molecule has 0 heterocycles. The highest BCUT2D eigenvalue weighted by atomic mass is 17.3. The van der Waals surface area contributed by atoms with Gasteiger partial charge in [-0.2, -0.15) is 4.89 Å². The summed E-state index contributed by atoms with van der Waals surface area (Å²) in [7, 11) is 0. The second-order valence-electron chi connectivity index (χ2n) is 11.4. The first-order valence-corrected chi connectivity index (χ1v) is 13.8. The van der Waals surface area contributed by atoms with Gasteiger partial charge in [-0.15, -0.1) is 0 Å². The van der Waals surface area contributed by atoms with E-state index in [0.29, 0.717) is 26.4 Å². The van der Waals surface area contributed by atoms with E-state index in [2.05, 4.69) is 34.6 Å². The van der Waals surface area contributed by atoms with Crippen molar-refractivity contribution in [1.29, 1.82) is 0 Å². The highest BCUT2D eigenvalue weighted by Crippen LogP contribution is 2.47. The Bertz CT molecular complexity index is 530. The van der Waals surface area contributed by atoms with Gasteiger partial charge in [-0.3, -0.25) is 0 Å². The van der Waals surface area contributed by atoms with E-state index in [-0.39, 0.29) is 12.0 Å². The third-order valence-corrected chi connectivity index (χ3v) is 5.11. The van der Waals surface area contributed by atoms with Crippen LogP contribution in [0, 0.1) is 5.92 Å². The Labute approximate surface area is 216 Å². The molecule has 0 N–H and O–H groups in total. The number of ether oxygens (including phenoxy) is 5. The summed E-state index contributed by atoms with van der Waals surface area (Å²) in [6.07, 6.45) is 5.36. The molecule has 0 spiro atoms. The van der Waals surface area contributed by atoms with Gasteiger partial charge >= 0.3 is 5.97 Å². The Morgan fingerprint density at radius 2 is 1.29 bits per heavy atom. The first kappa shape index (κ1) is 34.7. The highest BCUT2D eigenvalue weighted by Gasteiger charge is 2.70. The largest absolute Gasteiger partial charge is 0.371 e. The van der Waals surface area contributed by atoms with Crippen molar-refractivity contribution < 1.29 is 33.5 Å². The van der Waals surface area contributed by atoms with Gasteiger partial charge in [0, 0.05) is 6.61 Å². The van der Waals surface area contributed by atoms with Gasteiger partial charge in [-0.1, -0.05) is 53.9 Å². The van der Waals surface area contributed by atoms with Gasteiger partial charge in [-0.05, 0) is 73.6 Å². The van der Waals surface area contributed by atoms with Crippen molar-refractivity contribution >= 4 is 0 Å². The molecule has 2 unspecified atom stereocenters. The van der Waals surface area contributed by atoms with Crippen molar-refractivity contribution in [1.82, 2.24) is 0 Å². The molecular weight excluding hydrogens is 448 g/mol. The van der Waals surface area contributed by atoms with Crippen LogP contribution < -0.4 is 0 Å². The van der Waals surface area contributed by atoms with Crippen LogP contribution in [-0.2, 0) is 33.5 Å². The lowest BCUT2D eigenvalue weighted by Gasteiger charge is -2.55. The summed E-state index contributed by atoms with van der Waals surface area (Å²) in [5.74, 6) is -3.24. The average molecular weight is 507 g/mol. The highest BCUT2D eigenvalue weighted by molar-refractivity contribution is 4.99. The van der Waals surface area contributed by atoms with Gasteiger partial charge in [0.2, 0.25) is 0 Å².